The highest BCUT2D eigenvalue weighted by atomic mass is 16.3. The van der Waals surface area contributed by atoms with E-state index < -0.39 is 0 Å². The first-order valence-corrected chi connectivity index (χ1v) is 17.1. The third kappa shape index (κ3) is 3.89. The number of furan rings is 1. The van der Waals surface area contributed by atoms with Crippen LogP contribution in [0.4, 0.5) is 0 Å². The molecule has 3 aromatic carbocycles. The van der Waals surface area contributed by atoms with E-state index in [4.69, 9.17) is 4.42 Å². The lowest BCUT2D eigenvalue weighted by Gasteiger charge is -2.52. The van der Waals surface area contributed by atoms with E-state index in [0.717, 1.165) is 27.6 Å². The summed E-state index contributed by atoms with van der Waals surface area (Å²) in [5.41, 5.74) is 14.5. The highest BCUT2D eigenvalue weighted by Crippen LogP contribution is 2.59. The van der Waals surface area contributed by atoms with E-state index in [1.165, 1.54) is 80.9 Å². The van der Waals surface area contributed by atoms with Gasteiger partial charge in [-0.05, 0) is 89.8 Å². The van der Waals surface area contributed by atoms with Crippen LogP contribution in [0.25, 0.3) is 44.5 Å². The van der Waals surface area contributed by atoms with Crippen LogP contribution in [-0.4, -0.2) is 4.98 Å². The van der Waals surface area contributed by atoms with Gasteiger partial charge in [0.2, 0.25) is 11.4 Å². The summed E-state index contributed by atoms with van der Waals surface area (Å²) in [7, 11) is 2.14. The topological polar surface area (TPSA) is 29.9 Å². The van der Waals surface area contributed by atoms with Crippen molar-refractivity contribution in [3.63, 3.8) is 0 Å². The summed E-state index contributed by atoms with van der Waals surface area (Å²) in [6, 6.07) is 30.4. The molecule has 224 valence electrons. The van der Waals surface area contributed by atoms with Gasteiger partial charge < -0.3 is 4.42 Å². The SMILES string of the molecule is Cc1ccc2c(oc3ncccc32)c1-c1cc(-c2ccc3c(c2)C2(CCCCC2)c2ccccc2C32CCCCC2)cc[n+]1C. The van der Waals surface area contributed by atoms with Gasteiger partial charge >= 0.3 is 0 Å². The maximum absolute atomic E-state index is 6.44. The van der Waals surface area contributed by atoms with E-state index in [9.17, 15) is 0 Å². The first-order valence-electron chi connectivity index (χ1n) is 17.1. The number of rotatable bonds is 2. The molecule has 3 aliphatic rings. The van der Waals surface area contributed by atoms with Crippen LogP contribution in [-0.2, 0) is 17.9 Å². The van der Waals surface area contributed by atoms with Crippen molar-refractivity contribution in [1.82, 2.24) is 4.98 Å². The molecule has 3 nitrogen and oxygen atoms in total. The Morgan fingerprint density at radius 1 is 0.644 bits per heavy atom. The van der Waals surface area contributed by atoms with Crippen molar-refractivity contribution < 1.29 is 8.98 Å². The molecule has 2 saturated carbocycles. The number of hydrogen-bond acceptors (Lipinski definition) is 2. The largest absolute Gasteiger partial charge is 0.437 e. The van der Waals surface area contributed by atoms with Crippen LogP contribution in [0.3, 0.4) is 0 Å². The van der Waals surface area contributed by atoms with Crippen LogP contribution in [0.15, 0.2) is 95.7 Å². The van der Waals surface area contributed by atoms with Crippen LogP contribution in [0, 0.1) is 6.92 Å². The lowest BCUT2D eigenvalue weighted by atomic mass is 9.51. The van der Waals surface area contributed by atoms with E-state index in [-0.39, 0.29) is 10.8 Å². The van der Waals surface area contributed by atoms with Gasteiger partial charge in [-0.3, -0.25) is 0 Å². The molecular formula is C42H41N2O+. The molecule has 2 fully saturated rings. The van der Waals surface area contributed by atoms with Crippen LogP contribution in [0.5, 0.6) is 0 Å². The Morgan fingerprint density at radius 2 is 1.31 bits per heavy atom. The molecular weight excluding hydrogens is 548 g/mol. The molecule has 3 aromatic heterocycles. The quantitative estimate of drug-likeness (QED) is 0.188. The van der Waals surface area contributed by atoms with Gasteiger partial charge in [-0.2, -0.15) is 0 Å². The zero-order chi connectivity index (χ0) is 30.2. The fraction of sp³-hybridized carbons (Fsp3) is 0.333. The Balaban J connectivity index is 1.25. The van der Waals surface area contributed by atoms with Crippen molar-refractivity contribution in [3.8, 4) is 22.4 Å². The number of fused-ring (bicyclic) bond motifs is 9. The third-order valence-corrected chi connectivity index (χ3v) is 11.8. The average molecular weight is 590 g/mol. The molecule has 2 spiro atoms. The zero-order valence-electron chi connectivity index (χ0n) is 26.5. The van der Waals surface area contributed by atoms with Gasteiger partial charge in [0.25, 0.3) is 0 Å². The molecule has 0 aliphatic heterocycles. The van der Waals surface area contributed by atoms with Gasteiger partial charge in [-0.25, -0.2) is 9.55 Å². The molecule has 0 amide bonds. The van der Waals surface area contributed by atoms with E-state index in [2.05, 4.69) is 103 Å². The van der Waals surface area contributed by atoms with Gasteiger partial charge in [0.15, 0.2) is 11.8 Å². The standard InChI is InChI=1S/C42H41N2O/c1-28-15-17-31-32-12-11-24-43-40(32)45-39(31)38(28)37-27-30(19-25-44(37)2)29-16-18-35-36(26-29)42(22-9-4-10-23-42)34-14-6-5-13-33(34)41(35)20-7-3-8-21-41/h5-6,11-19,24-27H,3-4,7-10,20-23H2,1-2H3/q+1. The Bertz CT molecular complexity index is 2110. The summed E-state index contributed by atoms with van der Waals surface area (Å²) >= 11 is 0. The van der Waals surface area contributed by atoms with Crippen molar-refractivity contribution in [3.05, 3.63) is 119 Å². The van der Waals surface area contributed by atoms with Gasteiger partial charge in [-0.15, -0.1) is 0 Å². The molecule has 6 aromatic rings. The van der Waals surface area contributed by atoms with E-state index in [1.807, 2.05) is 12.3 Å². The molecule has 0 atom stereocenters. The van der Waals surface area contributed by atoms with Gasteiger partial charge in [0, 0.05) is 39.9 Å². The molecule has 0 radical (unpaired) electrons. The smallest absolute Gasteiger partial charge is 0.227 e. The van der Waals surface area contributed by atoms with Crippen LogP contribution < -0.4 is 4.57 Å². The molecule has 3 aliphatic carbocycles. The van der Waals surface area contributed by atoms with Crippen molar-refractivity contribution >= 4 is 22.1 Å². The fourth-order valence-electron chi connectivity index (χ4n) is 9.62. The molecule has 0 N–H and O–H groups in total. The molecule has 45 heavy (non-hydrogen) atoms. The number of aromatic nitrogens is 2. The summed E-state index contributed by atoms with van der Waals surface area (Å²) in [5.74, 6) is 0. The summed E-state index contributed by atoms with van der Waals surface area (Å²) in [6.07, 6.45) is 17.1. The number of aryl methyl sites for hydroxylation is 2. The minimum Gasteiger partial charge on any atom is -0.437 e. The van der Waals surface area contributed by atoms with Crippen molar-refractivity contribution in [2.75, 3.05) is 0 Å². The van der Waals surface area contributed by atoms with Crippen LogP contribution in [0.1, 0.15) is 92.0 Å². The number of nitrogens with zero attached hydrogens (tertiary/aromatic N) is 2. The summed E-state index contributed by atoms with van der Waals surface area (Å²) in [5, 5.41) is 2.19. The van der Waals surface area contributed by atoms with E-state index in [0.29, 0.717) is 5.71 Å². The summed E-state index contributed by atoms with van der Waals surface area (Å²) in [4.78, 5) is 4.53. The van der Waals surface area contributed by atoms with Crippen LogP contribution in [0.2, 0.25) is 0 Å². The highest BCUT2D eigenvalue weighted by molar-refractivity contribution is 6.08. The molecule has 0 saturated heterocycles. The Kier molecular flexibility index (Phi) is 6.11. The first-order chi connectivity index (χ1) is 22.1. The lowest BCUT2D eigenvalue weighted by molar-refractivity contribution is -0.660. The number of hydrogen-bond donors (Lipinski definition) is 0. The van der Waals surface area contributed by atoms with Gasteiger partial charge in [0.1, 0.15) is 7.05 Å². The second kappa shape index (κ2) is 10.1. The van der Waals surface area contributed by atoms with Crippen molar-refractivity contribution in [2.45, 2.75) is 82.0 Å². The minimum atomic E-state index is 0.120. The molecule has 0 bridgehead atoms. The summed E-state index contributed by atoms with van der Waals surface area (Å²) in [6.45, 7) is 2.19. The Morgan fingerprint density at radius 3 is 2.04 bits per heavy atom. The molecule has 3 heteroatoms. The van der Waals surface area contributed by atoms with E-state index in [1.54, 1.807) is 22.3 Å². The predicted octanol–water partition coefficient (Wildman–Crippen LogP) is 10.3. The fourth-order valence-corrected chi connectivity index (χ4v) is 9.62. The van der Waals surface area contributed by atoms with Gasteiger partial charge in [-0.1, -0.05) is 87.1 Å². The number of benzene rings is 3. The monoisotopic (exact) mass is 589 g/mol. The molecule has 0 unspecified atom stereocenters. The minimum absolute atomic E-state index is 0.120. The van der Waals surface area contributed by atoms with Crippen LogP contribution >= 0.6 is 0 Å². The second-order valence-electron chi connectivity index (χ2n) is 14.1. The maximum Gasteiger partial charge on any atom is 0.227 e. The lowest BCUT2D eigenvalue weighted by Crippen LogP contribution is -2.44. The normalized spacial score (nSPS) is 18.4. The average Bonchev–Trinajstić information content (AvgIpc) is 3.47. The third-order valence-electron chi connectivity index (χ3n) is 11.8. The van der Waals surface area contributed by atoms with Gasteiger partial charge in [0.05, 0.1) is 5.56 Å². The van der Waals surface area contributed by atoms with Crippen molar-refractivity contribution in [2.24, 2.45) is 7.05 Å². The molecule has 9 rings (SSSR count). The highest BCUT2D eigenvalue weighted by Gasteiger charge is 2.50. The predicted molar refractivity (Wildman–Crippen MR) is 182 cm³/mol. The second-order valence-corrected chi connectivity index (χ2v) is 14.1. The maximum atomic E-state index is 6.44. The zero-order valence-corrected chi connectivity index (χ0v) is 26.5. The Labute approximate surface area is 266 Å². The van der Waals surface area contributed by atoms with Crippen molar-refractivity contribution in [1.29, 1.82) is 0 Å². The first kappa shape index (κ1) is 27.1. The summed E-state index contributed by atoms with van der Waals surface area (Å²) < 4.78 is 8.68. The Hall–Kier alpha value is -4.24. The number of pyridine rings is 2. The molecule has 3 heterocycles. The van der Waals surface area contributed by atoms with E-state index >= 15 is 0 Å².